The van der Waals surface area contributed by atoms with E-state index in [0.717, 1.165) is 10.7 Å². The van der Waals surface area contributed by atoms with E-state index in [4.69, 9.17) is 0 Å². The van der Waals surface area contributed by atoms with Crippen molar-refractivity contribution >= 4 is 17.0 Å². The number of nitrogens with zero attached hydrogens (tertiary/aromatic N) is 2. The van der Waals surface area contributed by atoms with E-state index in [0.29, 0.717) is 0 Å². The Morgan fingerprint density at radius 3 is 2.93 bits per heavy atom. The Hall–Kier alpha value is -1.42. The van der Waals surface area contributed by atoms with E-state index >= 15 is 0 Å². The van der Waals surface area contributed by atoms with E-state index in [1.807, 2.05) is 23.8 Å². The average molecular weight is 219 g/mol. The van der Waals surface area contributed by atoms with Crippen molar-refractivity contribution in [1.82, 2.24) is 9.97 Å². The molecule has 0 fully saturated rings. The van der Waals surface area contributed by atoms with E-state index in [1.54, 1.807) is 17.5 Å². The minimum absolute atomic E-state index is 0.230. The lowest BCUT2D eigenvalue weighted by Gasteiger charge is -2.13. The van der Waals surface area contributed by atoms with Crippen LogP contribution in [-0.2, 0) is 0 Å². The Bertz CT molecular complexity index is 425. The molecular weight excluding hydrogens is 206 g/mol. The normalized spacial score (nSPS) is 12.4. The highest BCUT2D eigenvalue weighted by molar-refractivity contribution is 7.09. The molecule has 0 saturated carbocycles. The highest BCUT2D eigenvalue weighted by atomic mass is 32.1. The van der Waals surface area contributed by atoms with Gasteiger partial charge in [0.15, 0.2) is 0 Å². The third-order valence-electron chi connectivity index (χ3n) is 2.23. The van der Waals surface area contributed by atoms with Crippen LogP contribution in [0.15, 0.2) is 30.0 Å². The number of pyridine rings is 1. The summed E-state index contributed by atoms with van der Waals surface area (Å²) < 4.78 is 0. The molecule has 78 valence electrons. The Kier molecular flexibility index (Phi) is 2.97. The minimum atomic E-state index is 0.230. The third kappa shape index (κ3) is 2.33. The lowest BCUT2D eigenvalue weighted by atomic mass is 10.2. The minimum Gasteiger partial charge on any atom is -0.375 e. The standard InChI is InChI=1S/C11H13N3S/c1-8-3-4-12-7-10(8)14-9(2)11-13-5-6-15-11/h3-7,9,14H,1-2H3. The molecule has 15 heavy (non-hydrogen) atoms. The van der Waals surface area contributed by atoms with Gasteiger partial charge < -0.3 is 5.32 Å². The zero-order valence-electron chi connectivity index (χ0n) is 8.77. The first-order chi connectivity index (χ1) is 7.27. The number of aryl methyl sites for hydroxylation is 1. The second kappa shape index (κ2) is 4.40. The molecule has 0 aromatic carbocycles. The van der Waals surface area contributed by atoms with Crippen LogP contribution in [0.2, 0.25) is 0 Å². The third-order valence-corrected chi connectivity index (χ3v) is 3.19. The average Bonchev–Trinajstić information content (AvgIpc) is 2.74. The van der Waals surface area contributed by atoms with Crippen molar-refractivity contribution in [2.45, 2.75) is 19.9 Å². The molecule has 0 aliphatic heterocycles. The summed E-state index contributed by atoms with van der Waals surface area (Å²) in [6.45, 7) is 4.17. The molecule has 1 atom stereocenters. The van der Waals surface area contributed by atoms with Crippen LogP contribution in [0.25, 0.3) is 0 Å². The van der Waals surface area contributed by atoms with Crippen molar-refractivity contribution in [3.8, 4) is 0 Å². The lowest BCUT2D eigenvalue weighted by molar-refractivity contribution is 0.866. The SMILES string of the molecule is Cc1ccncc1NC(C)c1nccs1. The number of aromatic nitrogens is 2. The second-order valence-electron chi connectivity index (χ2n) is 3.43. The van der Waals surface area contributed by atoms with Gasteiger partial charge in [0, 0.05) is 17.8 Å². The van der Waals surface area contributed by atoms with Gasteiger partial charge in [-0.3, -0.25) is 4.98 Å². The molecule has 0 amide bonds. The van der Waals surface area contributed by atoms with Gasteiger partial charge in [-0.2, -0.15) is 0 Å². The first-order valence-electron chi connectivity index (χ1n) is 4.84. The van der Waals surface area contributed by atoms with Crippen LogP contribution in [0.1, 0.15) is 23.5 Å². The summed E-state index contributed by atoms with van der Waals surface area (Å²) >= 11 is 1.66. The molecule has 0 bridgehead atoms. The van der Waals surface area contributed by atoms with Crippen LogP contribution < -0.4 is 5.32 Å². The quantitative estimate of drug-likeness (QED) is 0.862. The van der Waals surface area contributed by atoms with Gasteiger partial charge in [-0.05, 0) is 25.5 Å². The van der Waals surface area contributed by atoms with Gasteiger partial charge in [-0.15, -0.1) is 11.3 Å². The highest BCUT2D eigenvalue weighted by Crippen LogP contribution is 2.22. The summed E-state index contributed by atoms with van der Waals surface area (Å²) in [5.41, 5.74) is 2.27. The first-order valence-corrected chi connectivity index (χ1v) is 5.72. The van der Waals surface area contributed by atoms with Gasteiger partial charge in [-0.25, -0.2) is 4.98 Å². The van der Waals surface area contributed by atoms with Crippen LogP contribution in [0.3, 0.4) is 0 Å². The molecule has 1 unspecified atom stereocenters. The van der Waals surface area contributed by atoms with Crippen LogP contribution in [0, 0.1) is 6.92 Å². The molecule has 0 spiro atoms. The van der Waals surface area contributed by atoms with Crippen molar-refractivity contribution in [3.05, 3.63) is 40.6 Å². The second-order valence-corrected chi connectivity index (χ2v) is 4.35. The molecule has 2 aromatic rings. The smallest absolute Gasteiger partial charge is 0.115 e. The zero-order chi connectivity index (χ0) is 10.7. The lowest BCUT2D eigenvalue weighted by Crippen LogP contribution is -2.07. The Morgan fingerprint density at radius 1 is 1.40 bits per heavy atom. The van der Waals surface area contributed by atoms with Crippen LogP contribution >= 0.6 is 11.3 Å². The van der Waals surface area contributed by atoms with Gasteiger partial charge in [0.05, 0.1) is 17.9 Å². The monoisotopic (exact) mass is 219 g/mol. The molecule has 0 radical (unpaired) electrons. The number of hydrogen-bond acceptors (Lipinski definition) is 4. The predicted octanol–water partition coefficient (Wildman–Crippen LogP) is 3.02. The largest absolute Gasteiger partial charge is 0.375 e. The van der Waals surface area contributed by atoms with E-state index in [-0.39, 0.29) is 6.04 Å². The Balaban J connectivity index is 2.13. The molecule has 3 nitrogen and oxygen atoms in total. The summed E-state index contributed by atoms with van der Waals surface area (Å²) in [5.74, 6) is 0. The fourth-order valence-electron chi connectivity index (χ4n) is 1.36. The molecule has 2 heterocycles. The summed E-state index contributed by atoms with van der Waals surface area (Å²) in [6, 6.07) is 2.23. The van der Waals surface area contributed by atoms with E-state index in [2.05, 4.69) is 29.1 Å². The molecule has 0 saturated heterocycles. The summed E-state index contributed by atoms with van der Waals surface area (Å²) in [4.78, 5) is 8.38. The van der Waals surface area contributed by atoms with Crippen molar-refractivity contribution in [1.29, 1.82) is 0 Å². The van der Waals surface area contributed by atoms with E-state index < -0.39 is 0 Å². The van der Waals surface area contributed by atoms with Crippen molar-refractivity contribution in [2.75, 3.05) is 5.32 Å². The summed E-state index contributed by atoms with van der Waals surface area (Å²) in [7, 11) is 0. The maximum atomic E-state index is 4.28. The molecule has 4 heteroatoms. The number of hydrogen-bond donors (Lipinski definition) is 1. The maximum absolute atomic E-state index is 4.28. The first kappa shape index (κ1) is 10.1. The summed E-state index contributed by atoms with van der Waals surface area (Å²) in [6.07, 6.45) is 5.47. The fourth-order valence-corrected chi connectivity index (χ4v) is 2.00. The maximum Gasteiger partial charge on any atom is 0.115 e. The summed E-state index contributed by atoms with van der Waals surface area (Å²) in [5, 5.41) is 6.48. The number of rotatable bonds is 3. The van der Waals surface area contributed by atoms with Crippen LogP contribution in [0.4, 0.5) is 5.69 Å². The zero-order valence-corrected chi connectivity index (χ0v) is 9.58. The molecule has 2 aromatic heterocycles. The number of anilines is 1. The molecule has 1 N–H and O–H groups in total. The molecule has 0 aliphatic carbocycles. The number of nitrogens with one attached hydrogen (secondary N) is 1. The van der Waals surface area contributed by atoms with Gasteiger partial charge in [0.25, 0.3) is 0 Å². The van der Waals surface area contributed by atoms with Gasteiger partial charge in [0.1, 0.15) is 5.01 Å². The Morgan fingerprint density at radius 2 is 2.27 bits per heavy atom. The highest BCUT2D eigenvalue weighted by Gasteiger charge is 2.08. The van der Waals surface area contributed by atoms with Crippen molar-refractivity contribution in [3.63, 3.8) is 0 Å². The van der Waals surface area contributed by atoms with Gasteiger partial charge in [0.2, 0.25) is 0 Å². The Labute approximate surface area is 93.2 Å². The van der Waals surface area contributed by atoms with Gasteiger partial charge in [-0.1, -0.05) is 0 Å². The van der Waals surface area contributed by atoms with E-state index in [1.165, 1.54) is 5.56 Å². The van der Waals surface area contributed by atoms with Crippen LogP contribution in [-0.4, -0.2) is 9.97 Å². The molecule has 2 rings (SSSR count). The topological polar surface area (TPSA) is 37.8 Å². The van der Waals surface area contributed by atoms with Gasteiger partial charge >= 0.3 is 0 Å². The van der Waals surface area contributed by atoms with Crippen LogP contribution in [0.5, 0.6) is 0 Å². The van der Waals surface area contributed by atoms with E-state index in [9.17, 15) is 0 Å². The van der Waals surface area contributed by atoms with Crippen molar-refractivity contribution in [2.24, 2.45) is 0 Å². The van der Waals surface area contributed by atoms with Crippen molar-refractivity contribution < 1.29 is 0 Å². The predicted molar refractivity (Wildman–Crippen MR) is 63.1 cm³/mol. The fraction of sp³-hybridized carbons (Fsp3) is 0.273. The molecular formula is C11H13N3S. The number of thiazole rings is 1. The molecule has 0 aliphatic rings.